The maximum atomic E-state index is 5.62. The van der Waals surface area contributed by atoms with E-state index in [0.717, 1.165) is 25.1 Å². The number of hydrogen-bond acceptors (Lipinski definition) is 3. The van der Waals surface area contributed by atoms with Crippen LogP contribution in [0.25, 0.3) is 0 Å². The van der Waals surface area contributed by atoms with Crippen LogP contribution < -0.4 is 5.73 Å². The molecule has 1 saturated heterocycles. The summed E-state index contributed by atoms with van der Waals surface area (Å²) in [6.07, 6.45) is 6.46. The van der Waals surface area contributed by atoms with Crippen LogP contribution in [0.4, 0.5) is 0 Å². The molecular weight excluding hydrogens is 178 g/mol. The van der Waals surface area contributed by atoms with Gasteiger partial charge in [-0.3, -0.25) is 0 Å². The Bertz CT molecular complexity index is 279. The summed E-state index contributed by atoms with van der Waals surface area (Å²) in [5, 5.41) is 4.44. The second kappa shape index (κ2) is 4.57. The Morgan fingerprint density at radius 3 is 3.21 bits per heavy atom. The first-order valence-electron chi connectivity index (χ1n) is 5.26. The Balaban J connectivity index is 2.00. The van der Waals surface area contributed by atoms with Crippen LogP contribution in [0.3, 0.4) is 0 Å². The third-order valence-electron chi connectivity index (χ3n) is 2.51. The summed E-state index contributed by atoms with van der Waals surface area (Å²) in [6.45, 7) is 1.51. The molecule has 0 amide bonds. The van der Waals surface area contributed by atoms with E-state index in [9.17, 15) is 0 Å². The standard InChI is InChI=1S/C10H17N3O/c11-6-4-9-5-7-13(12-9)10-3-1-2-8-14-10/h5,7,10H,1-4,6,8,11H2/t10-/m1/s1. The predicted octanol–water partition coefficient (Wildman–Crippen LogP) is 1.08. The van der Waals surface area contributed by atoms with Gasteiger partial charge >= 0.3 is 0 Å². The lowest BCUT2D eigenvalue weighted by Crippen LogP contribution is -2.18. The van der Waals surface area contributed by atoms with Gasteiger partial charge in [0.15, 0.2) is 0 Å². The van der Waals surface area contributed by atoms with Gasteiger partial charge in [0.25, 0.3) is 0 Å². The summed E-state index contributed by atoms with van der Waals surface area (Å²) in [6, 6.07) is 2.02. The van der Waals surface area contributed by atoms with E-state index >= 15 is 0 Å². The first kappa shape index (κ1) is 9.68. The fourth-order valence-corrected chi connectivity index (χ4v) is 1.75. The van der Waals surface area contributed by atoms with Crippen LogP contribution in [-0.2, 0) is 11.2 Å². The maximum Gasteiger partial charge on any atom is 0.150 e. The summed E-state index contributed by atoms with van der Waals surface area (Å²) >= 11 is 0. The second-order valence-electron chi connectivity index (χ2n) is 3.65. The predicted molar refractivity (Wildman–Crippen MR) is 53.8 cm³/mol. The van der Waals surface area contributed by atoms with Gasteiger partial charge in [-0.2, -0.15) is 5.10 Å². The molecule has 78 valence electrons. The normalized spacial score (nSPS) is 22.5. The van der Waals surface area contributed by atoms with Gasteiger partial charge in [-0.15, -0.1) is 0 Å². The molecule has 4 nitrogen and oxygen atoms in total. The van der Waals surface area contributed by atoms with E-state index in [1.54, 1.807) is 0 Å². The molecule has 1 fully saturated rings. The molecule has 2 heterocycles. The molecule has 1 aromatic heterocycles. The molecule has 0 aromatic carbocycles. The van der Waals surface area contributed by atoms with Crippen LogP contribution in [0.15, 0.2) is 12.3 Å². The SMILES string of the molecule is NCCc1ccn([C@H]2CCCCO2)n1. The van der Waals surface area contributed by atoms with Crippen molar-refractivity contribution in [1.29, 1.82) is 0 Å². The van der Waals surface area contributed by atoms with Gasteiger partial charge < -0.3 is 10.5 Å². The van der Waals surface area contributed by atoms with Gasteiger partial charge in [0.2, 0.25) is 0 Å². The van der Waals surface area contributed by atoms with Crippen LogP contribution in [0, 0.1) is 0 Å². The van der Waals surface area contributed by atoms with E-state index in [0.29, 0.717) is 6.54 Å². The van der Waals surface area contributed by atoms with Crippen molar-refractivity contribution in [2.75, 3.05) is 13.2 Å². The van der Waals surface area contributed by atoms with Crippen LogP contribution in [-0.4, -0.2) is 22.9 Å². The molecule has 1 aliphatic rings. The molecule has 0 unspecified atom stereocenters. The van der Waals surface area contributed by atoms with Crippen molar-refractivity contribution in [3.63, 3.8) is 0 Å². The fraction of sp³-hybridized carbons (Fsp3) is 0.700. The summed E-state index contributed by atoms with van der Waals surface area (Å²) in [7, 11) is 0. The van der Waals surface area contributed by atoms with Crippen molar-refractivity contribution < 1.29 is 4.74 Å². The highest BCUT2D eigenvalue weighted by Crippen LogP contribution is 2.21. The van der Waals surface area contributed by atoms with Gasteiger partial charge in [-0.25, -0.2) is 4.68 Å². The first-order chi connectivity index (χ1) is 6.90. The smallest absolute Gasteiger partial charge is 0.150 e. The Morgan fingerprint density at radius 1 is 1.57 bits per heavy atom. The Kier molecular flexibility index (Phi) is 3.16. The molecule has 0 bridgehead atoms. The number of nitrogens with two attached hydrogens (primary N) is 1. The lowest BCUT2D eigenvalue weighted by Gasteiger charge is -2.22. The fourth-order valence-electron chi connectivity index (χ4n) is 1.75. The molecule has 2 rings (SSSR count). The Morgan fingerprint density at radius 2 is 2.50 bits per heavy atom. The van der Waals surface area contributed by atoms with Crippen molar-refractivity contribution in [3.8, 4) is 0 Å². The minimum atomic E-state index is 0.148. The van der Waals surface area contributed by atoms with Gasteiger partial charge in [0.1, 0.15) is 6.23 Å². The molecule has 0 saturated carbocycles. The zero-order chi connectivity index (χ0) is 9.80. The van der Waals surface area contributed by atoms with Crippen molar-refractivity contribution in [3.05, 3.63) is 18.0 Å². The molecule has 1 atom stereocenters. The molecule has 14 heavy (non-hydrogen) atoms. The first-order valence-corrected chi connectivity index (χ1v) is 5.26. The average molecular weight is 195 g/mol. The minimum Gasteiger partial charge on any atom is -0.357 e. The molecule has 1 aromatic rings. The van der Waals surface area contributed by atoms with E-state index < -0.39 is 0 Å². The number of aromatic nitrogens is 2. The highest BCUT2D eigenvalue weighted by atomic mass is 16.5. The monoisotopic (exact) mass is 195 g/mol. The van der Waals surface area contributed by atoms with Gasteiger partial charge in [-0.05, 0) is 31.9 Å². The maximum absolute atomic E-state index is 5.62. The van der Waals surface area contributed by atoms with Gasteiger partial charge in [0.05, 0.1) is 5.69 Å². The van der Waals surface area contributed by atoms with E-state index in [1.807, 2.05) is 16.9 Å². The molecule has 2 N–H and O–H groups in total. The van der Waals surface area contributed by atoms with Crippen LogP contribution in [0.5, 0.6) is 0 Å². The van der Waals surface area contributed by atoms with Crippen LogP contribution in [0.1, 0.15) is 31.2 Å². The number of ether oxygens (including phenoxy) is 1. The highest BCUT2D eigenvalue weighted by Gasteiger charge is 2.15. The van der Waals surface area contributed by atoms with Crippen molar-refractivity contribution >= 4 is 0 Å². The number of rotatable bonds is 3. The largest absolute Gasteiger partial charge is 0.357 e. The summed E-state index contributed by atoms with van der Waals surface area (Å²) in [5.74, 6) is 0. The van der Waals surface area contributed by atoms with Crippen molar-refractivity contribution in [1.82, 2.24) is 9.78 Å². The Hall–Kier alpha value is -0.870. The zero-order valence-electron chi connectivity index (χ0n) is 8.35. The summed E-state index contributed by atoms with van der Waals surface area (Å²) in [5.41, 5.74) is 6.52. The lowest BCUT2D eigenvalue weighted by molar-refractivity contribution is -0.0396. The summed E-state index contributed by atoms with van der Waals surface area (Å²) in [4.78, 5) is 0. The molecule has 4 heteroatoms. The van der Waals surface area contributed by atoms with Gasteiger partial charge in [-0.1, -0.05) is 0 Å². The summed E-state index contributed by atoms with van der Waals surface area (Å²) < 4.78 is 7.55. The highest BCUT2D eigenvalue weighted by molar-refractivity contribution is 4.99. The number of hydrogen-bond donors (Lipinski definition) is 1. The van der Waals surface area contributed by atoms with E-state index in [2.05, 4.69) is 5.10 Å². The van der Waals surface area contributed by atoms with E-state index in [4.69, 9.17) is 10.5 Å². The van der Waals surface area contributed by atoms with E-state index in [1.165, 1.54) is 12.8 Å². The minimum absolute atomic E-state index is 0.148. The quantitative estimate of drug-likeness (QED) is 0.785. The molecule has 0 aliphatic carbocycles. The third-order valence-corrected chi connectivity index (χ3v) is 2.51. The van der Waals surface area contributed by atoms with Gasteiger partial charge in [0, 0.05) is 19.2 Å². The third kappa shape index (κ3) is 2.13. The lowest BCUT2D eigenvalue weighted by atomic mass is 10.2. The Labute approximate surface area is 84.0 Å². The number of nitrogens with zero attached hydrogens (tertiary/aromatic N) is 2. The zero-order valence-corrected chi connectivity index (χ0v) is 8.35. The molecule has 0 spiro atoms. The van der Waals surface area contributed by atoms with Crippen molar-refractivity contribution in [2.24, 2.45) is 5.73 Å². The molecular formula is C10H17N3O. The van der Waals surface area contributed by atoms with E-state index in [-0.39, 0.29) is 6.23 Å². The topological polar surface area (TPSA) is 53.1 Å². The average Bonchev–Trinajstić information content (AvgIpc) is 2.68. The van der Waals surface area contributed by atoms with Crippen LogP contribution in [0.2, 0.25) is 0 Å². The van der Waals surface area contributed by atoms with Crippen molar-refractivity contribution in [2.45, 2.75) is 31.9 Å². The second-order valence-corrected chi connectivity index (χ2v) is 3.65. The molecule has 1 aliphatic heterocycles. The molecule has 0 radical (unpaired) electrons. The van der Waals surface area contributed by atoms with Crippen LogP contribution >= 0.6 is 0 Å².